The number of pyridine rings is 1. The van der Waals surface area contributed by atoms with Gasteiger partial charge in [-0.25, -0.2) is 4.98 Å². The lowest BCUT2D eigenvalue weighted by Gasteiger charge is -2.01. The fourth-order valence-corrected chi connectivity index (χ4v) is 2.18. The van der Waals surface area contributed by atoms with E-state index >= 15 is 0 Å². The first-order valence-corrected chi connectivity index (χ1v) is 6.06. The molecule has 3 rings (SSSR count). The zero-order valence-electron chi connectivity index (χ0n) is 10.6. The smallest absolute Gasteiger partial charge is 0.115 e. The molecule has 0 saturated heterocycles. The first-order valence-electron chi connectivity index (χ1n) is 6.06. The van der Waals surface area contributed by atoms with Gasteiger partial charge in [0.25, 0.3) is 0 Å². The third-order valence-corrected chi connectivity index (χ3v) is 3.19. The molecule has 0 spiro atoms. The van der Waals surface area contributed by atoms with Crippen LogP contribution in [0.3, 0.4) is 0 Å². The Morgan fingerprint density at radius 3 is 2.83 bits per heavy atom. The lowest BCUT2D eigenvalue weighted by Crippen LogP contribution is -2.00. The zero-order valence-corrected chi connectivity index (χ0v) is 10.6. The van der Waals surface area contributed by atoms with Crippen molar-refractivity contribution in [1.82, 2.24) is 14.5 Å². The standard InChI is InChI=1S/C15H15N3/c1-11-6-7-14-13(9-11)17-15(18(14)2)10-12-5-3-4-8-16-12/h3-9H,10H2,1-2H3. The summed E-state index contributed by atoms with van der Waals surface area (Å²) in [5, 5.41) is 0. The summed E-state index contributed by atoms with van der Waals surface area (Å²) in [6.07, 6.45) is 2.59. The van der Waals surface area contributed by atoms with E-state index in [1.807, 2.05) is 24.4 Å². The van der Waals surface area contributed by atoms with Crippen molar-refractivity contribution < 1.29 is 0 Å². The molecule has 0 aliphatic rings. The molecule has 3 nitrogen and oxygen atoms in total. The molecule has 0 radical (unpaired) electrons. The number of aromatic nitrogens is 3. The number of benzene rings is 1. The number of imidazole rings is 1. The molecule has 2 heterocycles. The summed E-state index contributed by atoms with van der Waals surface area (Å²) in [6, 6.07) is 12.3. The lowest BCUT2D eigenvalue weighted by atomic mass is 10.2. The van der Waals surface area contributed by atoms with Gasteiger partial charge in [-0.05, 0) is 36.8 Å². The average molecular weight is 237 g/mol. The van der Waals surface area contributed by atoms with E-state index in [0.29, 0.717) is 0 Å². The van der Waals surface area contributed by atoms with E-state index in [4.69, 9.17) is 4.98 Å². The van der Waals surface area contributed by atoms with E-state index in [0.717, 1.165) is 23.5 Å². The zero-order chi connectivity index (χ0) is 12.5. The molecule has 18 heavy (non-hydrogen) atoms. The van der Waals surface area contributed by atoms with Crippen molar-refractivity contribution in [2.24, 2.45) is 7.05 Å². The summed E-state index contributed by atoms with van der Waals surface area (Å²) in [5.74, 6) is 1.05. The van der Waals surface area contributed by atoms with Crippen LogP contribution in [-0.4, -0.2) is 14.5 Å². The van der Waals surface area contributed by atoms with Crippen LogP contribution in [0, 0.1) is 6.92 Å². The Bertz CT molecular complexity index is 684. The Morgan fingerprint density at radius 2 is 2.06 bits per heavy atom. The van der Waals surface area contributed by atoms with Gasteiger partial charge >= 0.3 is 0 Å². The highest BCUT2D eigenvalue weighted by Crippen LogP contribution is 2.17. The van der Waals surface area contributed by atoms with Gasteiger partial charge in [0, 0.05) is 25.4 Å². The summed E-state index contributed by atoms with van der Waals surface area (Å²) in [7, 11) is 2.06. The predicted octanol–water partition coefficient (Wildman–Crippen LogP) is 2.87. The summed E-state index contributed by atoms with van der Waals surface area (Å²) in [5.41, 5.74) is 4.52. The first-order chi connectivity index (χ1) is 8.74. The van der Waals surface area contributed by atoms with E-state index in [1.54, 1.807) is 0 Å². The number of hydrogen-bond acceptors (Lipinski definition) is 2. The molecule has 3 aromatic rings. The molecule has 0 amide bonds. The van der Waals surface area contributed by atoms with Crippen LogP contribution >= 0.6 is 0 Å². The van der Waals surface area contributed by atoms with Crippen molar-refractivity contribution >= 4 is 11.0 Å². The Hall–Kier alpha value is -2.16. The molecule has 0 saturated carbocycles. The van der Waals surface area contributed by atoms with Crippen LogP contribution in [0.25, 0.3) is 11.0 Å². The van der Waals surface area contributed by atoms with E-state index in [1.165, 1.54) is 11.1 Å². The molecule has 0 aliphatic carbocycles. The van der Waals surface area contributed by atoms with Gasteiger partial charge in [-0.15, -0.1) is 0 Å². The minimum absolute atomic E-state index is 0.769. The number of fused-ring (bicyclic) bond motifs is 1. The minimum Gasteiger partial charge on any atom is -0.331 e. The van der Waals surface area contributed by atoms with Crippen molar-refractivity contribution in [2.45, 2.75) is 13.3 Å². The minimum atomic E-state index is 0.769. The summed E-state index contributed by atoms with van der Waals surface area (Å²) < 4.78 is 2.14. The van der Waals surface area contributed by atoms with Gasteiger partial charge in [-0.1, -0.05) is 12.1 Å². The third kappa shape index (κ3) is 1.88. The lowest BCUT2D eigenvalue weighted by molar-refractivity contribution is 0.832. The van der Waals surface area contributed by atoms with Gasteiger partial charge in [-0.3, -0.25) is 4.98 Å². The highest BCUT2D eigenvalue weighted by atomic mass is 15.1. The second-order valence-corrected chi connectivity index (χ2v) is 4.58. The molecule has 3 heteroatoms. The molecular formula is C15H15N3. The quantitative estimate of drug-likeness (QED) is 0.686. The largest absolute Gasteiger partial charge is 0.331 e. The van der Waals surface area contributed by atoms with Crippen LogP contribution in [-0.2, 0) is 13.5 Å². The maximum Gasteiger partial charge on any atom is 0.115 e. The van der Waals surface area contributed by atoms with Crippen molar-refractivity contribution in [2.75, 3.05) is 0 Å². The molecule has 0 unspecified atom stereocenters. The Labute approximate surface area is 106 Å². The van der Waals surface area contributed by atoms with Crippen molar-refractivity contribution in [3.8, 4) is 0 Å². The predicted molar refractivity (Wildman–Crippen MR) is 72.5 cm³/mol. The van der Waals surface area contributed by atoms with Crippen LogP contribution < -0.4 is 0 Å². The van der Waals surface area contributed by atoms with Crippen molar-refractivity contribution in [3.63, 3.8) is 0 Å². The second-order valence-electron chi connectivity index (χ2n) is 4.58. The highest BCUT2D eigenvalue weighted by molar-refractivity contribution is 5.76. The fourth-order valence-electron chi connectivity index (χ4n) is 2.18. The molecule has 0 bridgehead atoms. The van der Waals surface area contributed by atoms with Crippen molar-refractivity contribution in [1.29, 1.82) is 0 Å². The maximum absolute atomic E-state index is 4.69. The summed E-state index contributed by atoms with van der Waals surface area (Å²) >= 11 is 0. The molecule has 2 aromatic heterocycles. The monoisotopic (exact) mass is 237 g/mol. The molecule has 0 atom stereocenters. The SMILES string of the molecule is Cc1ccc2c(c1)nc(Cc1ccccn1)n2C. The fraction of sp³-hybridized carbons (Fsp3) is 0.200. The summed E-state index contributed by atoms with van der Waals surface area (Å²) in [6.45, 7) is 2.09. The molecule has 0 fully saturated rings. The van der Waals surface area contributed by atoms with E-state index < -0.39 is 0 Å². The van der Waals surface area contributed by atoms with Crippen LogP contribution in [0.15, 0.2) is 42.6 Å². The van der Waals surface area contributed by atoms with Gasteiger partial charge in [-0.2, -0.15) is 0 Å². The number of rotatable bonds is 2. The molecular weight excluding hydrogens is 222 g/mol. The van der Waals surface area contributed by atoms with E-state index in [-0.39, 0.29) is 0 Å². The molecule has 0 aliphatic heterocycles. The Kier molecular flexibility index (Phi) is 2.59. The van der Waals surface area contributed by atoms with Gasteiger partial charge in [0.2, 0.25) is 0 Å². The van der Waals surface area contributed by atoms with E-state index in [2.05, 4.69) is 41.7 Å². The Morgan fingerprint density at radius 1 is 1.17 bits per heavy atom. The summed E-state index contributed by atoms with van der Waals surface area (Å²) in [4.78, 5) is 9.04. The molecule has 90 valence electrons. The van der Waals surface area contributed by atoms with Gasteiger partial charge in [0.05, 0.1) is 11.0 Å². The van der Waals surface area contributed by atoms with Gasteiger partial charge in [0.15, 0.2) is 0 Å². The van der Waals surface area contributed by atoms with Crippen LogP contribution in [0.1, 0.15) is 17.1 Å². The number of aryl methyl sites for hydroxylation is 2. The maximum atomic E-state index is 4.69. The number of hydrogen-bond donors (Lipinski definition) is 0. The molecule has 1 aromatic carbocycles. The van der Waals surface area contributed by atoms with E-state index in [9.17, 15) is 0 Å². The molecule has 0 N–H and O–H groups in total. The van der Waals surface area contributed by atoms with Gasteiger partial charge < -0.3 is 4.57 Å². The normalized spacial score (nSPS) is 11.0. The van der Waals surface area contributed by atoms with Crippen LogP contribution in [0.5, 0.6) is 0 Å². The van der Waals surface area contributed by atoms with Crippen molar-refractivity contribution in [3.05, 3.63) is 59.7 Å². The van der Waals surface area contributed by atoms with Gasteiger partial charge in [0.1, 0.15) is 5.82 Å². The highest BCUT2D eigenvalue weighted by Gasteiger charge is 2.08. The second kappa shape index (κ2) is 4.26. The first kappa shape index (κ1) is 11.0. The average Bonchev–Trinajstić information content (AvgIpc) is 2.67. The topological polar surface area (TPSA) is 30.7 Å². The van der Waals surface area contributed by atoms with Crippen LogP contribution in [0.4, 0.5) is 0 Å². The number of nitrogens with zero attached hydrogens (tertiary/aromatic N) is 3. The third-order valence-electron chi connectivity index (χ3n) is 3.19. The van der Waals surface area contributed by atoms with Crippen LogP contribution in [0.2, 0.25) is 0 Å². The Balaban J connectivity index is 2.05.